The highest BCUT2D eigenvalue weighted by atomic mass is 127. The van der Waals surface area contributed by atoms with Crippen LogP contribution >= 0.6 is 24.0 Å². The first-order chi connectivity index (χ1) is 12.1. The molecule has 1 fully saturated rings. The monoisotopic (exact) mass is 474 g/mol. The molecule has 1 amide bonds. The zero-order chi connectivity index (χ0) is 18.1. The molecule has 2 rings (SSSR count). The van der Waals surface area contributed by atoms with Gasteiger partial charge in [0.1, 0.15) is 5.75 Å². The first kappa shape index (κ1) is 22.5. The summed E-state index contributed by atoms with van der Waals surface area (Å²) in [5.74, 6) is 1.93. The molecule has 1 unspecified atom stereocenters. The number of nitrogens with one attached hydrogen (secondary N) is 1. The van der Waals surface area contributed by atoms with Gasteiger partial charge in [-0.25, -0.2) is 0 Å². The van der Waals surface area contributed by atoms with Crippen molar-refractivity contribution in [2.75, 3.05) is 33.8 Å². The number of nitrogens with two attached hydrogens (primary N) is 1. The van der Waals surface area contributed by atoms with E-state index in [1.807, 2.05) is 19.2 Å². The first-order valence-electron chi connectivity index (χ1n) is 8.99. The van der Waals surface area contributed by atoms with E-state index in [2.05, 4.69) is 27.3 Å². The summed E-state index contributed by atoms with van der Waals surface area (Å²) in [5.41, 5.74) is 6.61. The van der Waals surface area contributed by atoms with Gasteiger partial charge in [0, 0.05) is 33.1 Å². The molecule has 1 heterocycles. The Bertz CT molecular complexity index is 595. The van der Waals surface area contributed by atoms with Crippen molar-refractivity contribution in [3.05, 3.63) is 29.8 Å². The number of likely N-dealkylation sites (tertiary alicyclic amines) is 1. The van der Waals surface area contributed by atoms with E-state index in [1.54, 1.807) is 7.11 Å². The van der Waals surface area contributed by atoms with Crippen LogP contribution in [0.5, 0.6) is 5.75 Å². The number of carbonyl (C=O) groups is 1. The lowest BCUT2D eigenvalue weighted by Crippen LogP contribution is -2.47. The van der Waals surface area contributed by atoms with Gasteiger partial charge in [0.05, 0.1) is 7.11 Å². The number of aliphatic imine (C=N–C) groups is 1. The van der Waals surface area contributed by atoms with Gasteiger partial charge >= 0.3 is 0 Å². The average molecular weight is 474 g/mol. The summed E-state index contributed by atoms with van der Waals surface area (Å²) >= 11 is 0. The second-order valence-electron chi connectivity index (χ2n) is 6.55. The highest BCUT2D eigenvalue weighted by molar-refractivity contribution is 14.0. The van der Waals surface area contributed by atoms with Gasteiger partial charge in [0.15, 0.2) is 5.96 Å². The Morgan fingerprint density at radius 1 is 1.46 bits per heavy atom. The van der Waals surface area contributed by atoms with Crippen LogP contribution in [0.25, 0.3) is 0 Å². The van der Waals surface area contributed by atoms with Crippen molar-refractivity contribution in [1.29, 1.82) is 0 Å². The number of hydrogen-bond acceptors (Lipinski definition) is 3. The van der Waals surface area contributed by atoms with Crippen LogP contribution in [0, 0.1) is 5.92 Å². The Morgan fingerprint density at radius 3 is 2.96 bits per heavy atom. The number of amides is 1. The normalized spacial score (nSPS) is 17.4. The molecular formula is C19H31IN4O2. The van der Waals surface area contributed by atoms with Crippen molar-refractivity contribution >= 4 is 35.8 Å². The molecule has 26 heavy (non-hydrogen) atoms. The van der Waals surface area contributed by atoms with E-state index in [4.69, 9.17) is 10.5 Å². The smallest absolute Gasteiger partial charge is 0.217 e. The summed E-state index contributed by atoms with van der Waals surface area (Å²) in [4.78, 5) is 17.8. The van der Waals surface area contributed by atoms with E-state index in [1.165, 1.54) is 5.56 Å². The Hall–Kier alpha value is -1.51. The lowest BCUT2D eigenvalue weighted by atomic mass is 9.95. The van der Waals surface area contributed by atoms with Crippen LogP contribution in [-0.2, 0) is 11.2 Å². The topological polar surface area (TPSA) is 80.0 Å². The van der Waals surface area contributed by atoms with Crippen LogP contribution in [0.4, 0.5) is 0 Å². The fraction of sp³-hybridized carbons (Fsp3) is 0.579. The molecule has 0 bridgehead atoms. The molecule has 1 saturated heterocycles. The summed E-state index contributed by atoms with van der Waals surface area (Å²) < 4.78 is 5.26. The molecule has 1 aliphatic rings. The third-order valence-corrected chi connectivity index (χ3v) is 4.58. The highest BCUT2D eigenvalue weighted by Crippen LogP contribution is 2.19. The van der Waals surface area contributed by atoms with E-state index >= 15 is 0 Å². The standard InChI is InChI=1S/C19H30N4O2.HI/c1-21-19(23-11-5-8-16(14-23)13-18(20)24)22-10-4-7-15-6-3-9-17(12-15)25-2;/h3,6,9,12,16H,4-5,7-8,10-11,13-14H2,1-2H3,(H2,20,24)(H,21,22);1H. The van der Waals surface area contributed by atoms with Gasteiger partial charge in [-0.3, -0.25) is 9.79 Å². The SMILES string of the molecule is CN=C(NCCCc1cccc(OC)c1)N1CCCC(CC(N)=O)C1.I. The number of primary amides is 1. The second kappa shape index (κ2) is 12.0. The van der Waals surface area contributed by atoms with Gasteiger partial charge in [0.25, 0.3) is 0 Å². The van der Waals surface area contributed by atoms with Gasteiger partial charge < -0.3 is 20.7 Å². The fourth-order valence-electron chi connectivity index (χ4n) is 3.36. The summed E-state index contributed by atoms with van der Waals surface area (Å²) in [6.07, 6.45) is 4.61. The largest absolute Gasteiger partial charge is 0.497 e. The quantitative estimate of drug-likeness (QED) is 0.275. The molecule has 3 N–H and O–H groups in total. The van der Waals surface area contributed by atoms with Crippen LogP contribution in [0.2, 0.25) is 0 Å². The number of aryl methyl sites for hydroxylation is 1. The van der Waals surface area contributed by atoms with Crippen LogP contribution in [-0.4, -0.2) is 50.6 Å². The van der Waals surface area contributed by atoms with Crippen molar-refractivity contribution in [2.24, 2.45) is 16.6 Å². The van der Waals surface area contributed by atoms with Crippen molar-refractivity contribution in [3.63, 3.8) is 0 Å². The Balaban J connectivity index is 0.00000338. The number of methoxy groups -OCH3 is 1. The third-order valence-electron chi connectivity index (χ3n) is 4.58. The molecule has 0 saturated carbocycles. The number of benzene rings is 1. The zero-order valence-electron chi connectivity index (χ0n) is 15.7. The first-order valence-corrected chi connectivity index (χ1v) is 8.99. The Kier molecular flexibility index (Phi) is 10.4. The van der Waals surface area contributed by atoms with E-state index in [9.17, 15) is 4.79 Å². The number of carbonyl (C=O) groups excluding carboxylic acids is 1. The molecule has 0 aromatic heterocycles. The maximum Gasteiger partial charge on any atom is 0.217 e. The fourth-order valence-corrected chi connectivity index (χ4v) is 3.36. The van der Waals surface area contributed by atoms with Crippen LogP contribution in [0.1, 0.15) is 31.2 Å². The molecule has 146 valence electrons. The number of nitrogens with zero attached hydrogens (tertiary/aromatic N) is 2. The van der Waals surface area contributed by atoms with E-state index in [-0.39, 0.29) is 29.9 Å². The van der Waals surface area contributed by atoms with E-state index in [0.29, 0.717) is 12.3 Å². The van der Waals surface area contributed by atoms with Crippen molar-refractivity contribution in [3.8, 4) is 5.75 Å². The number of halogens is 1. The van der Waals surface area contributed by atoms with E-state index < -0.39 is 0 Å². The van der Waals surface area contributed by atoms with Crippen molar-refractivity contribution in [1.82, 2.24) is 10.2 Å². The van der Waals surface area contributed by atoms with Gasteiger partial charge in [-0.15, -0.1) is 24.0 Å². The minimum atomic E-state index is -0.215. The molecule has 0 spiro atoms. The predicted molar refractivity (Wildman–Crippen MR) is 116 cm³/mol. The molecule has 1 aromatic carbocycles. The summed E-state index contributed by atoms with van der Waals surface area (Å²) in [6.45, 7) is 2.68. The number of hydrogen-bond donors (Lipinski definition) is 2. The Morgan fingerprint density at radius 2 is 2.27 bits per heavy atom. The number of piperidine rings is 1. The minimum absolute atomic E-state index is 0. The minimum Gasteiger partial charge on any atom is -0.497 e. The maximum absolute atomic E-state index is 11.2. The molecule has 7 heteroatoms. The molecular weight excluding hydrogens is 443 g/mol. The van der Waals surface area contributed by atoms with Gasteiger partial charge in [0.2, 0.25) is 5.91 Å². The van der Waals surface area contributed by atoms with Gasteiger partial charge in [-0.05, 0) is 49.3 Å². The maximum atomic E-state index is 11.2. The predicted octanol–water partition coefficient (Wildman–Crippen LogP) is 2.41. The number of guanidine groups is 1. The lowest BCUT2D eigenvalue weighted by molar-refractivity contribution is -0.119. The molecule has 1 aromatic rings. The average Bonchev–Trinajstić information content (AvgIpc) is 2.61. The molecule has 6 nitrogen and oxygen atoms in total. The molecule has 1 aliphatic heterocycles. The molecule has 0 aliphatic carbocycles. The summed E-state index contributed by atoms with van der Waals surface area (Å²) in [7, 11) is 3.50. The van der Waals surface area contributed by atoms with Gasteiger partial charge in [-0.2, -0.15) is 0 Å². The summed E-state index contributed by atoms with van der Waals surface area (Å²) in [6, 6.07) is 8.18. The van der Waals surface area contributed by atoms with Crippen molar-refractivity contribution in [2.45, 2.75) is 32.1 Å². The van der Waals surface area contributed by atoms with Crippen LogP contribution in [0.3, 0.4) is 0 Å². The molecule has 0 radical (unpaired) electrons. The second-order valence-corrected chi connectivity index (χ2v) is 6.55. The highest BCUT2D eigenvalue weighted by Gasteiger charge is 2.23. The Labute approximate surface area is 173 Å². The summed E-state index contributed by atoms with van der Waals surface area (Å²) in [5, 5.41) is 3.44. The lowest BCUT2D eigenvalue weighted by Gasteiger charge is -2.34. The van der Waals surface area contributed by atoms with Crippen molar-refractivity contribution < 1.29 is 9.53 Å². The zero-order valence-corrected chi connectivity index (χ0v) is 18.1. The van der Waals surface area contributed by atoms with Crippen LogP contribution < -0.4 is 15.8 Å². The van der Waals surface area contributed by atoms with E-state index in [0.717, 1.165) is 57.0 Å². The van der Waals surface area contributed by atoms with Gasteiger partial charge in [-0.1, -0.05) is 12.1 Å². The molecule has 1 atom stereocenters. The third kappa shape index (κ3) is 7.39. The number of rotatable bonds is 7. The van der Waals surface area contributed by atoms with Crippen LogP contribution in [0.15, 0.2) is 29.3 Å². The number of ether oxygens (including phenoxy) is 1.